The van der Waals surface area contributed by atoms with Crippen LogP contribution in [-0.4, -0.2) is 83.7 Å². The average molecular weight is 350 g/mol. The first-order valence-corrected chi connectivity index (χ1v) is 10.6. The number of rotatable bonds is 6. The fourth-order valence-electron chi connectivity index (χ4n) is 4.91. The minimum Gasteiger partial charge on any atom is -0.379 e. The van der Waals surface area contributed by atoms with Crippen molar-refractivity contribution in [1.29, 1.82) is 0 Å². The molecule has 2 aliphatic carbocycles. The van der Waals surface area contributed by atoms with Crippen LogP contribution < -0.4 is 0 Å². The normalized spacial score (nSPS) is 33.3. The van der Waals surface area contributed by atoms with Gasteiger partial charge in [0.2, 0.25) is 0 Å². The number of piperidine rings is 1. The second-order valence-corrected chi connectivity index (χ2v) is 9.06. The van der Waals surface area contributed by atoms with Gasteiger partial charge < -0.3 is 14.9 Å². The van der Waals surface area contributed by atoms with Gasteiger partial charge >= 0.3 is 0 Å². The molecule has 2 saturated carbocycles. The molecule has 5 nitrogen and oxygen atoms in total. The molecule has 4 fully saturated rings. The lowest BCUT2D eigenvalue weighted by Gasteiger charge is -2.45. The van der Waals surface area contributed by atoms with Crippen LogP contribution in [0.5, 0.6) is 0 Å². The van der Waals surface area contributed by atoms with E-state index in [1.54, 1.807) is 0 Å². The Bertz CT molecular complexity index is 470. The van der Waals surface area contributed by atoms with Gasteiger partial charge in [-0.25, -0.2) is 0 Å². The average Bonchev–Trinajstić information content (AvgIpc) is 2.52. The zero-order chi connectivity index (χ0) is 17.3. The molecule has 142 valence electrons. The summed E-state index contributed by atoms with van der Waals surface area (Å²) in [6.07, 6.45) is 9.62. The molecular formula is C20H35N3O2. The van der Waals surface area contributed by atoms with Crippen LogP contribution in [-0.2, 0) is 4.79 Å². The molecule has 0 aromatic rings. The zero-order valence-electron chi connectivity index (χ0n) is 15.7. The van der Waals surface area contributed by atoms with E-state index in [4.69, 9.17) is 0 Å². The molecule has 2 aliphatic heterocycles. The first kappa shape index (κ1) is 17.7. The maximum absolute atomic E-state index is 12.9. The predicted octanol–water partition coefficient (Wildman–Crippen LogP) is 1.56. The third-order valence-electron chi connectivity index (χ3n) is 7.10. The summed E-state index contributed by atoms with van der Waals surface area (Å²) in [6, 6.07) is 0. The molecule has 0 unspecified atom stereocenters. The summed E-state index contributed by atoms with van der Waals surface area (Å²) < 4.78 is 0. The third-order valence-corrected chi connectivity index (χ3v) is 7.10. The summed E-state index contributed by atoms with van der Waals surface area (Å²) in [4.78, 5) is 19.8. The van der Waals surface area contributed by atoms with Crippen LogP contribution in [0.2, 0.25) is 0 Å². The van der Waals surface area contributed by atoms with Crippen molar-refractivity contribution in [3.8, 4) is 0 Å². The molecule has 0 aromatic heterocycles. The van der Waals surface area contributed by atoms with Crippen molar-refractivity contribution in [1.82, 2.24) is 14.7 Å². The van der Waals surface area contributed by atoms with E-state index in [0.717, 1.165) is 51.6 Å². The van der Waals surface area contributed by atoms with Crippen molar-refractivity contribution in [2.75, 3.05) is 52.4 Å². The van der Waals surface area contributed by atoms with Crippen LogP contribution in [0.25, 0.3) is 0 Å². The largest absolute Gasteiger partial charge is 0.379 e. The summed E-state index contributed by atoms with van der Waals surface area (Å²) in [5, 5.41) is 11.1. The van der Waals surface area contributed by atoms with E-state index < -0.39 is 5.60 Å². The lowest BCUT2D eigenvalue weighted by Crippen LogP contribution is -2.61. The van der Waals surface area contributed by atoms with E-state index in [2.05, 4.69) is 9.80 Å². The van der Waals surface area contributed by atoms with Gasteiger partial charge in [0.15, 0.2) is 5.60 Å². The first-order valence-electron chi connectivity index (χ1n) is 10.6. The monoisotopic (exact) mass is 349 g/mol. The standard InChI is InChI=1S/C20H35N3O2/c24-19-20(25,8-3-9-23(19)15-18-6-2-7-18)16-22-12-10-21(11-13-22)14-17-4-1-5-17/h17-18,25H,1-16H2/t20-/m0/s1. The Morgan fingerprint density at radius 2 is 1.44 bits per heavy atom. The number of piperazine rings is 1. The van der Waals surface area contributed by atoms with Gasteiger partial charge in [-0.2, -0.15) is 0 Å². The molecule has 1 atom stereocenters. The summed E-state index contributed by atoms with van der Waals surface area (Å²) in [6.45, 7) is 7.66. The number of nitrogens with zero attached hydrogens (tertiary/aromatic N) is 3. The van der Waals surface area contributed by atoms with Gasteiger partial charge in [0, 0.05) is 52.4 Å². The zero-order valence-corrected chi connectivity index (χ0v) is 15.7. The van der Waals surface area contributed by atoms with Gasteiger partial charge in [0.25, 0.3) is 5.91 Å². The number of hydrogen-bond donors (Lipinski definition) is 1. The number of hydrogen-bond acceptors (Lipinski definition) is 4. The summed E-state index contributed by atoms with van der Waals surface area (Å²) in [5.41, 5.74) is -1.14. The van der Waals surface area contributed by atoms with Crippen molar-refractivity contribution >= 4 is 5.91 Å². The number of likely N-dealkylation sites (tertiary alicyclic amines) is 1. The molecule has 0 aromatic carbocycles. The van der Waals surface area contributed by atoms with Gasteiger partial charge in [-0.1, -0.05) is 12.8 Å². The van der Waals surface area contributed by atoms with Gasteiger partial charge in [-0.05, 0) is 50.4 Å². The third kappa shape index (κ3) is 4.04. The molecule has 0 radical (unpaired) electrons. The highest BCUT2D eigenvalue weighted by Gasteiger charge is 2.44. The minimum absolute atomic E-state index is 0.00236. The number of carbonyl (C=O) groups is 1. The van der Waals surface area contributed by atoms with E-state index >= 15 is 0 Å². The van der Waals surface area contributed by atoms with Gasteiger partial charge in [0.05, 0.1) is 0 Å². The topological polar surface area (TPSA) is 47.0 Å². The Morgan fingerprint density at radius 1 is 0.840 bits per heavy atom. The number of carbonyl (C=O) groups excluding carboxylic acids is 1. The Labute approximate surface area is 152 Å². The van der Waals surface area contributed by atoms with Crippen LogP contribution in [0.15, 0.2) is 0 Å². The molecule has 0 spiro atoms. The quantitative estimate of drug-likeness (QED) is 0.790. The van der Waals surface area contributed by atoms with E-state index in [9.17, 15) is 9.90 Å². The predicted molar refractivity (Wildman–Crippen MR) is 98.3 cm³/mol. The molecule has 25 heavy (non-hydrogen) atoms. The Morgan fingerprint density at radius 3 is 2.04 bits per heavy atom. The summed E-state index contributed by atoms with van der Waals surface area (Å²) in [7, 11) is 0. The molecule has 1 N–H and O–H groups in total. The van der Waals surface area contributed by atoms with Crippen LogP contribution in [0.4, 0.5) is 0 Å². The number of aliphatic hydroxyl groups is 1. The molecule has 4 aliphatic rings. The molecule has 4 rings (SSSR count). The highest BCUT2D eigenvalue weighted by atomic mass is 16.3. The van der Waals surface area contributed by atoms with E-state index in [1.165, 1.54) is 45.1 Å². The molecule has 2 heterocycles. The van der Waals surface area contributed by atoms with Gasteiger partial charge in [-0.3, -0.25) is 9.69 Å². The Kier molecular flexibility index (Phi) is 5.35. The number of β-amino-alcohol motifs (C(OH)–C–C–N with tert-alkyl or cyclic N) is 1. The fourth-order valence-corrected chi connectivity index (χ4v) is 4.91. The fraction of sp³-hybridized carbons (Fsp3) is 0.950. The molecule has 5 heteroatoms. The van der Waals surface area contributed by atoms with Crippen molar-refractivity contribution in [2.24, 2.45) is 11.8 Å². The first-order chi connectivity index (χ1) is 12.1. The maximum Gasteiger partial charge on any atom is 0.255 e. The second kappa shape index (κ2) is 7.53. The minimum atomic E-state index is -1.14. The van der Waals surface area contributed by atoms with Crippen LogP contribution in [0.1, 0.15) is 51.4 Å². The highest BCUT2D eigenvalue weighted by molar-refractivity contribution is 5.86. The van der Waals surface area contributed by atoms with Crippen molar-refractivity contribution in [3.63, 3.8) is 0 Å². The lowest BCUT2D eigenvalue weighted by atomic mass is 9.83. The molecule has 1 amide bonds. The smallest absolute Gasteiger partial charge is 0.255 e. The molecule has 2 saturated heterocycles. The van der Waals surface area contributed by atoms with E-state index in [0.29, 0.717) is 18.9 Å². The van der Waals surface area contributed by atoms with Crippen molar-refractivity contribution in [3.05, 3.63) is 0 Å². The van der Waals surface area contributed by atoms with Crippen molar-refractivity contribution in [2.45, 2.75) is 57.0 Å². The van der Waals surface area contributed by atoms with Gasteiger partial charge in [-0.15, -0.1) is 0 Å². The van der Waals surface area contributed by atoms with E-state index in [-0.39, 0.29) is 5.91 Å². The Hall–Kier alpha value is -0.650. The second-order valence-electron chi connectivity index (χ2n) is 9.06. The SMILES string of the molecule is O=C1N(CC2CCC2)CCC[C@]1(O)CN1CCN(CC2CCC2)CC1. The summed E-state index contributed by atoms with van der Waals surface area (Å²) >= 11 is 0. The van der Waals surface area contributed by atoms with Crippen molar-refractivity contribution < 1.29 is 9.90 Å². The molecule has 0 bridgehead atoms. The van der Waals surface area contributed by atoms with Gasteiger partial charge in [0.1, 0.15) is 0 Å². The van der Waals surface area contributed by atoms with E-state index in [1.807, 2.05) is 4.90 Å². The van der Waals surface area contributed by atoms with Crippen LogP contribution >= 0.6 is 0 Å². The summed E-state index contributed by atoms with van der Waals surface area (Å²) in [5.74, 6) is 1.61. The van der Waals surface area contributed by atoms with Crippen LogP contribution in [0, 0.1) is 11.8 Å². The number of amides is 1. The maximum atomic E-state index is 12.9. The van der Waals surface area contributed by atoms with Crippen LogP contribution in [0.3, 0.4) is 0 Å². The molecular weight excluding hydrogens is 314 g/mol. The Balaban J connectivity index is 1.26. The lowest BCUT2D eigenvalue weighted by molar-refractivity contribution is -0.161. The highest BCUT2D eigenvalue weighted by Crippen LogP contribution is 2.31.